The Morgan fingerprint density at radius 1 is 0.711 bits per heavy atom. The summed E-state index contributed by atoms with van der Waals surface area (Å²) < 4.78 is 10.8. The van der Waals surface area contributed by atoms with Crippen molar-refractivity contribution in [3.8, 4) is 0 Å². The van der Waals surface area contributed by atoms with E-state index in [2.05, 4.69) is 25.3 Å². The number of furan rings is 2. The molecule has 0 aliphatic heterocycles. The predicted octanol–water partition coefficient (Wildman–Crippen LogP) is 7.78. The van der Waals surface area contributed by atoms with Gasteiger partial charge in [-0.2, -0.15) is 9.97 Å². The van der Waals surface area contributed by atoms with E-state index in [9.17, 15) is 20.2 Å². The molecule has 45 heavy (non-hydrogen) atoms. The highest BCUT2D eigenvalue weighted by Crippen LogP contribution is 2.27. The Hall–Kier alpha value is -5.63. The summed E-state index contributed by atoms with van der Waals surface area (Å²) >= 11 is 5.65. The predicted molar refractivity (Wildman–Crippen MR) is 171 cm³/mol. The smallest absolute Gasteiger partial charge is 0.271 e. The van der Waals surface area contributed by atoms with Gasteiger partial charge in [-0.1, -0.05) is 12.1 Å². The summed E-state index contributed by atoms with van der Waals surface area (Å²) in [4.78, 5) is 36.8. The molecule has 15 heteroatoms. The molecule has 14 nitrogen and oxygen atoms in total. The Kier molecular flexibility index (Phi) is 9.57. The van der Waals surface area contributed by atoms with Crippen LogP contribution in [0.5, 0.6) is 0 Å². The second kappa shape index (κ2) is 13.3. The molecule has 0 atom stereocenters. The molecule has 6 aromatic rings. The van der Waals surface area contributed by atoms with E-state index in [-0.39, 0.29) is 16.7 Å². The number of nitro benzene ring substituents is 2. The van der Waals surface area contributed by atoms with Gasteiger partial charge in [-0.25, -0.2) is 9.97 Å². The van der Waals surface area contributed by atoms with Crippen molar-refractivity contribution in [2.75, 3.05) is 11.1 Å². The molecular formula is C30H29ClN8O6. The number of non-ortho nitro benzene ring substituents is 2. The number of nitrogens with two attached hydrogens (primary N) is 1. The van der Waals surface area contributed by atoms with Crippen LogP contribution < -0.4 is 11.1 Å². The van der Waals surface area contributed by atoms with Crippen LogP contribution in [-0.4, -0.2) is 29.8 Å². The number of fused-ring (bicyclic) bond motifs is 2. The minimum atomic E-state index is -0.462. The molecule has 0 spiro atoms. The molecule has 232 valence electrons. The van der Waals surface area contributed by atoms with Crippen molar-refractivity contribution in [3.05, 3.63) is 108 Å². The van der Waals surface area contributed by atoms with E-state index in [0.717, 1.165) is 44.8 Å². The Morgan fingerprint density at radius 2 is 1.22 bits per heavy atom. The van der Waals surface area contributed by atoms with E-state index in [1.54, 1.807) is 19.1 Å². The van der Waals surface area contributed by atoms with E-state index < -0.39 is 9.85 Å². The van der Waals surface area contributed by atoms with Gasteiger partial charge in [0.05, 0.1) is 37.7 Å². The summed E-state index contributed by atoms with van der Waals surface area (Å²) in [5, 5.41) is 26.1. The third-order valence-electron chi connectivity index (χ3n) is 6.54. The van der Waals surface area contributed by atoms with Crippen LogP contribution >= 0.6 is 11.6 Å². The molecule has 0 saturated heterocycles. The Balaban J connectivity index is 0.000000169. The lowest BCUT2D eigenvalue weighted by molar-refractivity contribution is -0.385. The van der Waals surface area contributed by atoms with Gasteiger partial charge in [-0.15, -0.1) is 0 Å². The maximum atomic E-state index is 10.9. The first kappa shape index (κ1) is 32.3. The molecule has 0 radical (unpaired) electrons. The second-order valence-electron chi connectivity index (χ2n) is 10.0. The third kappa shape index (κ3) is 7.86. The number of halogens is 1. The number of hydrogen-bond acceptors (Lipinski definition) is 12. The fraction of sp³-hybridized carbons (Fsp3) is 0.200. The van der Waals surface area contributed by atoms with E-state index in [1.165, 1.54) is 24.3 Å². The van der Waals surface area contributed by atoms with Crippen molar-refractivity contribution in [1.82, 2.24) is 19.9 Å². The lowest BCUT2D eigenvalue weighted by Crippen LogP contribution is -2.01. The zero-order valence-electron chi connectivity index (χ0n) is 25.2. The average Bonchev–Trinajstić information content (AvgIpc) is 3.53. The highest BCUT2D eigenvalue weighted by atomic mass is 35.5. The van der Waals surface area contributed by atoms with Crippen molar-refractivity contribution in [2.45, 2.75) is 41.5 Å². The van der Waals surface area contributed by atoms with Crippen molar-refractivity contribution in [2.24, 2.45) is 0 Å². The molecule has 0 fully saturated rings. The van der Waals surface area contributed by atoms with Crippen LogP contribution in [0.4, 0.5) is 28.7 Å². The number of aromatic nitrogens is 4. The zero-order chi connectivity index (χ0) is 33.0. The molecule has 0 amide bonds. The first-order valence-electron chi connectivity index (χ1n) is 13.4. The van der Waals surface area contributed by atoms with Gasteiger partial charge in [0.25, 0.3) is 11.4 Å². The number of anilines is 3. The molecule has 0 unspecified atom stereocenters. The van der Waals surface area contributed by atoms with Crippen LogP contribution in [0.2, 0.25) is 5.28 Å². The topological polar surface area (TPSA) is 202 Å². The van der Waals surface area contributed by atoms with Crippen molar-refractivity contribution < 1.29 is 18.7 Å². The summed E-state index contributed by atoms with van der Waals surface area (Å²) in [5.74, 6) is 1.93. The van der Waals surface area contributed by atoms with Gasteiger partial charge in [-0.05, 0) is 76.4 Å². The number of aryl methyl sites for hydroxylation is 6. The molecule has 0 aliphatic rings. The Labute approximate surface area is 261 Å². The van der Waals surface area contributed by atoms with Gasteiger partial charge in [0, 0.05) is 30.0 Å². The Bertz CT molecular complexity index is 2060. The molecule has 6 rings (SSSR count). The molecule has 3 N–H and O–H groups in total. The Morgan fingerprint density at radius 3 is 1.78 bits per heavy atom. The van der Waals surface area contributed by atoms with Crippen molar-refractivity contribution >= 4 is 62.5 Å². The maximum absolute atomic E-state index is 10.9. The zero-order valence-corrected chi connectivity index (χ0v) is 26.0. The minimum absolute atomic E-state index is 0.0137. The van der Waals surface area contributed by atoms with Crippen LogP contribution in [0.1, 0.15) is 34.0 Å². The van der Waals surface area contributed by atoms with E-state index in [0.29, 0.717) is 28.8 Å². The van der Waals surface area contributed by atoms with Crippen molar-refractivity contribution in [1.29, 1.82) is 0 Å². The lowest BCUT2D eigenvalue weighted by Gasteiger charge is -2.08. The third-order valence-corrected chi connectivity index (χ3v) is 6.71. The van der Waals surface area contributed by atoms with Crippen LogP contribution in [0.3, 0.4) is 0 Å². The normalized spacial score (nSPS) is 10.6. The largest absolute Gasteiger partial charge is 0.443 e. The number of nitrogens with one attached hydrogen (secondary N) is 1. The summed E-state index contributed by atoms with van der Waals surface area (Å²) in [7, 11) is 0. The summed E-state index contributed by atoms with van der Waals surface area (Å²) in [6, 6.07) is 12.8. The summed E-state index contributed by atoms with van der Waals surface area (Å²) in [5.41, 5.74) is 11.0. The first-order chi connectivity index (χ1) is 21.2. The van der Waals surface area contributed by atoms with Crippen LogP contribution in [0.25, 0.3) is 22.2 Å². The van der Waals surface area contributed by atoms with Gasteiger partial charge in [0.1, 0.15) is 11.5 Å². The molecule has 0 aliphatic carbocycles. The standard InChI is InChI=1S/C15H14N4O3.C8H7ClN2O.C7H8N2O2/c1-8-4-5-11(19(20)21)7-13(8)17-15-16-10(3)12-6-9(2)22-14(12)18-15;1-4-3-6-5(2)10-8(9)11-7(6)12-4;1-5-2-3-6(9(10)11)4-7(5)8/h4-7H,1-3H3,(H,16,17,18);3H,1-2H3;2-4H,8H2,1H3. The van der Waals surface area contributed by atoms with E-state index in [1.807, 2.05) is 46.8 Å². The first-order valence-corrected chi connectivity index (χ1v) is 13.8. The number of nitrogens with zero attached hydrogens (tertiary/aromatic N) is 6. The monoisotopic (exact) mass is 632 g/mol. The van der Waals surface area contributed by atoms with Gasteiger partial charge >= 0.3 is 0 Å². The highest BCUT2D eigenvalue weighted by molar-refractivity contribution is 6.28. The van der Waals surface area contributed by atoms with Gasteiger partial charge < -0.3 is 19.9 Å². The SMILES string of the molecule is Cc1cc2c(C)nc(Cl)nc2o1.Cc1cc2c(C)nc(Nc3cc([N+](=O)[O-])ccc3C)nc2o1.Cc1ccc([N+](=O)[O-])cc1N. The number of benzene rings is 2. The number of nitrogen functional groups attached to an aromatic ring is 1. The van der Waals surface area contributed by atoms with Crippen LogP contribution in [-0.2, 0) is 0 Å². The van der Waals surface area contributed by atoms with Gasteiger partial charge in [0.2, 0.25) is 22.7 Å². The summed E-state index contributed by atoms with van der Waals surface area (Å²) in [6.07, 6.45) is 0. The lowest BCUT2D eigenvalue weighted by atomic mass is 10.2. The van der Waals surface area contributed by atoms with Gasteiger partial charge in [-0.3, -0.25) is 20.2 Å². The quantitative estimate of drug-likeness (QED) is 0.0827. The molecule has 4 aromatic heterocycles. The maximum Gasteiger partial charge on any atom is 0.271 e. The fourth-order valence-corrected chi connectivity index (χ4v) is 4.32. The van der Waals surface area contributed by atoms with Crippen LogP contribution in [0, 0.1) is 61.8 Å². The van der Waals surface area contributed by atoms with Gasteiger partial charge in [0.15, 0.2) is 0 Å². The number of rotatable bonds is 4. The minimum Gasteiger partial charge on any atom is -0.443 e. The number of nitro groups is 2. The van der Waals surface area contributed by atoms with Crippen LogP contribution in [0.15, 0.2) is 57.4 Å². The highest BCUT2D eigenvalue weighted by Gasteiger charge is 2.13. The molecule has 4 heterocycles. The van der Waals surface area contributed by atoms with E-state index >= 15 is 0 Å². The number of hydrogen-bond donors (Lipinski definition) is 2. The molecular weight excluding hydrogens is 604 g/mol. The van der Waals surface area contributed by atoms with Crippen molar-refractivity contribution in [3.63, 3.8) is 0 Å². The molecule has 2 aromatic carbocycles. The average molecular weight is 633 g/mol. The van der Waals surface area contributed by atoms with E-state index in [4.69, 9.17) is 26.2 Å². The molecule has 0 bridgehead atoms. The fourth-order valence-electron chi connectivity index (χ4n) is 4.11. The second-order valence-corrected chi connectivity index (χ2v) is 10.4. The molecule has 0 saturated carbocycles. The summed E-state index contributed by atoms with van der Waals surface area (Å²) in [6.45, 7) is 11.1.